The van der Waals surface area contributed by atoms with Gasteiger partial charge in [-0.05, 0) is 154 Å². The minimum absolute atomic E-state index is 0. The predicted octanol–water partition coefficient (Wildman–Crippen LogP) is 16.1. The maximum atomic E-state index is 12.9. The number of ether oxygens (including phenoxy) is 1. The molecule has 0 spiro atoms. The van der Waals surface area contributed by atoms with Gasteiger partial charge in [-0.15, -0.1) is 24.7 Å². The van der Waals surface area contributed by atoms with Gasteiger partial charge in [0.15, 0.2) is 22.5 Å². The number of esters is 1. The summed E-state index contributed by atoms with van der Waals surface area (Å²) in [6.45, 7) is 5.10. The Kier molecular flexibility index (Phi) is 52.0. The van der Waals surface area contributed by atoms with Gasteiger partial charge in [-0.2, -0.15) is 20.0 Å². The van der Waals surface area contributed by atoms with Gasteiger partial charge in [0.2, 0.25) is 5.78 Å². The topological polar surface area (TPSA) is 412 Å². The molecule has 7 aliphatic carbocycles. The fraction of sp³-hybridized carbons (Fsp3) is 0.631. The molecule has 8 bridgehead atoms. The third kappa shape index (κ3) is 34.5. The number of halogens is 1. The van der Waals surface area contributed by atoms with Crippen molar-refractivity contribution in [2.24, 2.45) is 51.7 Å². The first-order chi connectivity index (χ1) is 66.6. The minimum atomic E-state index is -3.70. The van der Waals surface area contributed by atoms with Crippen LogP contribution in [-0.4, -0.2) is 242 Å². The van der Waals surface area contributed by atoms with Gasteiger partial charge in [0.25, 0.3) is 0 Å². The Hall–Kier alpha value is -9.22. The number of carbonyl (C=O) groups excluding carboxylic acids is 7. The van der Waals surface area contributed by atoms with Crippen LogP contribution < -0.4 is 18.9 Å². The van der Waals surface area contributed by atoms with E-state index in [9.17, 15) is 43.3 Å². The molecule has 5 aromatic rings. The number of aromatic nitrogens is 2. The Balaban J connectivity index is 0.000000250. The van der Waals surface area contributed by atoms with E-state index in [1.165, 1.54) is 158 Å². The molecule has 141 heavy (non-hydrogen) atoms. The Morgan fingerprint density at radius 3 is 1.28 bits per heavy atom. The van der Waals surface area contributed by atoms with Gasteiger partial charge < -0.3 is 69.7 Å². The van der Waals surface area contributed by atoms with Crippen molar-refractivity contribution in [3.05, 3.63) is 148 Å². The number of aldehydes is 1. The molecule has 770 valence electrons. The number of piperidine rings is 4. The second kappa shape index (κ2) is 61.8. The Morgan fingerprint density at radius 2 is 0.936 bits per heavy atom. The number of carbonyl (C=O) groups is 7. The summed E-state index contributed by atoms with van der Waals surface area (Å²) in [6.07, 6.45) is 53.5. The van der Waals surface area contributed by atoms with Gasteiger partial charge in [-0.3, -0.25) is 29.3 Å². The van der Waals surface area contributed by atoms with Crippen LogP contribution in [0.4, 0.5) is 19.2 Å². The monoisotopic (exact) mass is 2010 g/mol. The zero-order valence-electron chi connectivity index (χ0n) is 81.8. The Morgan fingerprint density at radius 1 is 0.553 bits per heavy atom. The summed E-state index contributed by atoms with van der Waals surface area (Å²) in [5.41, 5.74) is 12.6. The third-order valence-electron chi connectivity index (χ3n) is 28.6. The van der Waals surface area contributed by atoms with Gasteiger partial charge in [-0.25, -0.2) is 28.8 Å². The molecule has 0 radical (unpaired) electrons. The fourth-order valence-corrected chi connectivity index (χ4v) is 19.9. The Labute approximate surface area is 861 Å². The third-order valence-corrected chi connectivity index (χ3v) is 30.8. The molecule has 4 N–H and O–H groups in total. The first kappa shape index (κ1) is 119. The van der Waals surface area contributed by atoms with Gasteiger partial charge >= 0.3 is 62.0 Å². The van der Waals surface area contributed by atoms with Crippen molar-refractivity contribution in [1.29, 1.82) is 0 Å². The van der Waals surface area contributed by atoms with Crippen molar-refractivity contribution in [2.45, 2.75) is 321 Å². The van der Waals surface area contributed by atoms with Crippen molar-refractivity contribution < 1.29 is 121 Å². The summed E-state index contributed by atoms with van der Waals surface area (Å²) in [4.78, 5) is 107. The quantitative estimate of drug-likeness (QED) is 0.00295. The summed E-state index contributed by atoms with van der Waals surface area (Å²) < 4.78 is 35.7. The molecular weight excluding hydrogens is 1850 g/mol. The Bertz CT molecular complexity index is 4850. The zero-order valence-corrected chi connectivity index (χ0v) is 82.5. The van der Waals surface area contributed by atoms with E-state index in [4.69, 9.17) is 69.1 Å². The molecule has 34 nitrogen and oxygen atoms in total. The van der Waals surface area contributed by atoms with Crippen LogP contribution in [0.1, 0.15) is 293 Å². The van der Waals surface area contributed by atoms with E-state index in [0.29, 0.717) is 71.4 Å². The van der Waals surface area contributed by atoms with E-state index in [2.05, 4.69) is 57.1 Å². The van der Waals surface area contributed by atoms with Gasteiger partial charge in [0.05, 0.1) is 61.7 Å². The molecule has 8 amide bonds. The first-order valence-electron chi connectivity index (χ1n) is 49.0. The number of amides is 8. The van der Waals surface area contributed by atoms with Crippen LogP contribution in [0.5, 0.6) is 0 Å². The van der Waals surface area contributed by atoms with Crippen LogP contribution in [0.25, 0.3) is 5.53 Å². The van der Waals surface area contributed by atoms with Crippen LogP contribution in [0.3, 0.4) is 0 Å². The minimum Gasteiger partial charge on any atom is -1.00 e. The van der Waals surface area contributed by atoms with Gasteiger partial charge in [0.1, 0.15) is 49.0 Å². The number of ketones is 1. The number of methoxy groups -OCH3 is 1. The van der Waals surface area contributed by atoms with E-state index >= 15 is 0 Å². The van der Waals surface area contributed by atoms with Crippen LogP contribution >= 0.6 is 19.2 Å². The standard InChI is InChI=1S/C21H25N3O3.C14H16ClN3O3.C14H19N3O3.C14H17N3O3.C7H12O2.2C7H10.C6H12O.C6H10O.C5H9N2O4P.2CH4.Al.Li.4H/c25-21-23-13-17(24(21)26-14-16-5-2-1-3-6-16)9-10-20(23)19-12-18(27-22-19)11-15-7-4-8-15;15-13(16-20)12-7-6-11-8-17(12)14(19)18(11)21-9-10-4-2-1-3-5-10;18-14-16-8-10(17(14)19)4-5-13(16)12-7-11(20-15-12)6-9-2-1-3-9;18-14-16-9-13(7-6-12(16)8-15-19)17(14)20-10-11-4-2-1-3-5-11;1-9-7(8)5-6-3-2-4-6;2*1-2-4-7-5-3-6-7;2*7-5-4-6-2-1-3-6;1-4(8)5(7-6)12(9,10-2)11-3;;;;;;;;/h1-3,5-6,12,15,17,20H,4,7-11,13-14H2;1-5,11-12,20H,6-9H2;7,9-10,13,19H,1-6,8H2;1-5,8,12-13,19H,6-7,9-10H2;6H,2-5H2,1H3;2*1,7H,3-6H2;6-7H,1-5H2;5-6H,1-4H2;1-3H3;2*1H4;;;;;;/q;;;;;;;;;;;;;+1;;;;-1/b;16-13-;;15-8+;;;;;;;;;;;;;;/t17-,20+;11-,12+;10-,13+;12-,13+;;;;;;;;;;;;;;/m1110............../s1. The molecule has 15 fully saturated rings. The average Bonchev–Trinajstić information content (AvgIpc) is 1.62. The van der Waals surface area contributed by atoms with Crippen molar-refractivity contribution in [3.8, 4) is 24.7 Å². The number of urea groups is 4. The second-order valence-electron chi connectivity index (χ2n) is 37.8. The molecule has 3 aromatic carbocycles. The number of rotatable bonds is 29. The normalized spacial score (nSPS) is 22.8. The summed E-state index contributed by atoms with van der Waals surface area (Å²) in [7, 11) is -0.0603. The maximum absolute atomic E-state index is 12.9. The van der Waals surface area contributed by atoms with Crippen molar-refractivity contribution in [3.63, 3.8) is 0 Å². The molecule has 7 saturated carbocycles. The number of Topliss-reactive ketones (excluding diaryl/α,β-unsaturated/α-hetero) is 1. The SMILES string of the molecule is C.C.C#CCC1CCC1.C#CCC1CCC1.COC(=O)CC1CCC1.COP(=O)(OC)C(=[N+]=[N-])C(C)=O.O=C1N(O)[C@@H]2CC[C@@H](c3cc(CC4CCC4)on3)N1C2.O=C1N2C[C@@H](CC[C@H]2/C(Cl)=N/O)N1OCc1ccccc1.O=C1N2C[C@@H](CC[C@H]2/C=N/O)N1OCc1ccccc1.O=C1N2C[C@@H](CC[C@H]2c2cc(CC3CCC3)on2)N1OCc1ccccc1.O=CCC1CCC1.OCCC1CCC1.[AlH3].[H-].[Li+]. The predicted molar refractivity (Wildman–Crippen MR) is 535 cm³/mol. The molecule has 10 heterocycles. The maximum Gasteiger partial charge on any atom is 1.00 e. The number of aliphatic hydroxyl groups excluding tert-OH is 1. The number of benzene rings is 3. The molecule has 8 saturated heterocycles. The number of hydrogen-bond acceptors (Lipinski definition) is 24. The summed E-state index contributed by atoms with van der Waals surface area (Å²) in [5, 5.41) is 55.4. The smallest absolute Gasteiger partial charge is 1.00 e. The molecule has 2 aromatic heterocycles. The van der Waals surface area contributed by atoms with Crippen molar-refractivity contribution >= 4 is 95.6 Å². The van der Waals surface area contributed by atoms with E-state index < -0.39 is 18.8 Å². The average molecular weight is 2010 g/mol. The molecule has 0 unspecified atom stereocenters. The summed E-state index contributed by atoms with van der Waals surface area (Å²) in [6, 6.07) is 32.4. The van der Waals surface area contributed by atoms with E-state index in [0.717, 1.165) is 191 Å². The number of nitrogens with zero attached hydrogens (tertiary/aromatic N) is 14. The first-order valence-corrected chi connectivity index (χ1v) is 51.0. The molecule has 15 aliphatic rings. The van der Waals surface area contributed by atoms with Crippen molar-refractivity contribution in [2.75, 3.05) is 54.1 Å². The van der Waals surface area contributed by atoms with Crippen LogP contribution in [0, 0.1) is 66.1 Å². The summed E-state index contributed by atoms with van der Waals surface area (Å²) >= 11 is 5.87. The number of terminal acetylenes is 2. The zero-order chi connectivity index (χ0) is 97.6. The number of fused-ring (bicyclic) bond motifs is 8. The van der Waals surface area contributed by atoms with Crippen LogP contribution in [-0.2, 0) is 79.9 Å². The fourth-order valence-electron chi connectivity index (χ4n) is 18.7. The van der Waals surface area contributed by atoms with Crippen molar-refractivity contribution in [1.82, 2.24) is 50.2 Å². The molecule has 8 aliphatic heterocycles. The molecular formula is C103H152AlClLiN14O20P. The van der Waals surface area contributed by atoms with Gasteiger partial charge in [-0.1, -0.05) is 234 Å². The molecule has 8 atom stereocenters. The molecule has 38 heteroatoms. The molecule has 20 rings (SSSR count). The van der Waals surface area contributed by atoms with E-state index in [-0.39, 0.29) is 136 Å². The number of aliphatic hydroxyl groups is 1. The van der Waals surface area contributed by atoms with E-state index in [1.807, 2.05) is 102 Å². The van der Waals surface area contributed by atoms with Gasteiger partial charge in [0, 0.05) is 105 Å². The van der Waals surface area contributed by atoms with E-state index in [1.54, 1.807) is 19.8 Å². The second-order valence-corrected chi connectivity index (χ2v) is 40.4. The number of hydroxylamine groups is 8. The summed E-state index contributed by atoms with van der Waals surface area (Å²) in [5.74, 6) is 12.1. The van der Waals surface area contributed by atoms with Crippen LogP contribution in [0.15, 0.2) is 122 Å². The van der Waals surface area contributed by atoms with Crippen LogP contribution in [0.2, 0.25) is 0 Å². The number of hydrogen-bond donors (Lipinski definition) is 4. The largest absolute Gasteiger partial charge is 1.00 e. The number of oxime groups is 2.